The fourth-order valence-electron chi connectivity index (χ4n) is 5.15. The van der Waals surface area contributed by atoms with Crippen LogP contribution in [0, 0.1) is 18.3 Å². The third kappa shape index (κ3) is 2.64. The van der Waals surface area contributed by atoms with Gasteiger partial charge in [0.15, 0.2) is 0 Å². The van der Waals surface area contributed by atoms with Crippen LogP contribution in [0.3, 0.4) is 0 Å². The first-order valence-electron chi connectivity index (χ1n) is 8.73. The number of rotatable bonds is 2. The molecule has 2 aliphatic carbocycles. The quantitative estimate of drug-likeness (QED) is 0.829. The number of phenolic OH excluding ortho intramolecular Hbond substituents is 1. The van der Waals surface area contributed by atoms with Gasteiger partial charge in [0.25, 0.3) is 0 Å². The Labute approximate surface area is 139 Å². The van der Waals surface area contributed by atoms with Crippen molar-refractivity contribution in [1.82, 2.24) is 0 Å². The van der Waals surface area contributed by atoms with E-state index in [-0.39, 0.29) is 16.8 Å². The van der Waals surface area contributed by atoms with Gasteiger partial charge in [0.05, 0.1) is 0 Å². The first-order chi connectivity index (χ1) is 10.8. The molecule has 2 atom stereocenters. The van der Waals surface area contributed by atoms with E-state index in [0.29, 0.717) is 18.3 Å². The van der Waals surface area contributed by atoms with Crippen molar-refractivity contribution in [1.29, 1.82) is 0 Å². The highest BCUT2D eigenvalue weighted by Gasteiger charge is 2.53. The zero-order valence-corrected chi connectivity index (χ0v) is 14.7. The fourth-order valence-corrected chi connectivity index (χ4v) is 5.15. The molecule has 0 spiro atoms. The number of fused-ring (bicyclic) bond motifs is 3. The summed E-state index contributed by atoms with van der Waals surface area (Å²) in [6, 6.07) is 4.07. The van der Waals surface area contributed by atoms with Gasteiger partial charge >= 0.3 is 5.97 Å². The topological polar surface area (TPSA) is 46.5 Å². The third-order valence-electron chi connectivity index (χ3n) is 6.25. The van der Waals surface area contributed by atoms with E-state index in [1.165, 1.54) is 24.5 Å². The molecule has 23 heavy (non-hydrogen) atoms. The Balaban J connectivity index is 2.13. The molecule has 1 saturated carbocycles. The highest BCUT2D eigenvalue weighted by atomic mass is 16.5. The first-order valence-corrected chi connectivity index (χ1v) is 8.73. The summed E-state index contributed by atoms with van der Waals surface area (Å²) in [5.74, 6) is 0.623. The van der Waals surface area contributed by atoms with Gasteiger partial charge in [-0.05, 0) is 66.7 Å². The SMILES string of the molecule is CC(=O)OC[C@]12CCCC(C)(C)[C@@H]1CCc1cc(C)c(O)cc12. The van der Waals surface area contributed by atoms with Crippen molar-refractivity contribution in [2.45, 2.75) is 65.2 Å². The van der Waals surface area contributed by atoms with Crippen LogP contribution >= 0.6 is 0 Å². The van der Waals surface area contributed by atoms with Crippen molar-refractivity contribution in [2.24, 2.45) is 11.3 Å². The fraction of sp³-hybridized carbons (Fsp3) is 0.650. The number of ether oxygens (including phenoxy) is 1. The summed E-state index contributed by atoms with van der Waals surface area (Å²) in [4.78, 5) is 11.5. The van der Waals surface area contributed by atoms with Crippen molar-refractivity contribution in [2.75, 3.05) is 6.61 Å². The highest BCUT2D eigenvalue weighted by Crippen LogP contribution is 2.57. The van der Waals surface area contributed by atoms with Crippen molar-refractivity contribution in [3.8, 4) is 5.75 Å². The number of benzene rings is 1. The number of phenols is 1. The van der Waals surface area contributed by atoms with Gasteiger partial charge in [-0.2, -0.15) is 0 Å². The number of hydrogen-bond donors (Lipinski definition) is 1. The molecule has 126 valence electrons. The van der Waals surface area contributed by atoms with Crippen LogP contribution in [0.4, 0.5) is 0 Å². The van der Waals surface area contributed by atoms with Crippen LogP contribution in [0.1, 0.15) is 63.1 Å². The normalized spacial score (nSPS) is 28.6. The van der Waals surface area contributed by atoms with E-state index < -0.39 is 0 Å². The lowest BCUT2D eigenvalue weighted by atomic mass is 9.50. The van der Waals surface area contributed by atoms with Crippen LogP contribution in [0.2, 0.25) is 0 Å². The monoisotopic (exact) mass is 316 g/mol. The lowest BCUT2D eigenvalue weighted by Crippen LogP contribution is -2.52. The molecule has 1 aromatic rings. The van der Waals surface area contributed by atoms with Crippen molar-refractivity contribution in [3.05, 3.63) is 28.8 Å². The van der Waals surface area contributed by atoms with E-state index >= 15 is 0 Å². The lowest BCUT2D eigenvalue weighted by Gasteiger charge is -2.55. The van der Waals surface area contributed by atoms with E-state index in [9.17, 15) is 9.90 Å². The predicted molar refractivity (Wildman–Crippen MR) is 90.6 cm³/mol. The summed E-state index contributed by atoms with van der Waals surface area (Å²) in [5.41, 5.74) is 3.55. The summed E-state index contributed by atoms with van der Waals surface area (Å²) in [6.07, 6.45) is 5.56. The Hall–Kier alpha value is -1.51. The number of esters is 1. The molecule has 1 fully saturated rings. The molecule has 1 aromatic carbocycles. The minimum Gasteiger partial charge on any atom is -0.508 e. The summed E-state index contributed by atoms with van der Waals surface area (Å²) in [5, 5.41) is 10.3. The molecule has 2 aliphatic rings. The Bertz CT molecular complexity index is 632. The summed E-state index contributed by atoms with van der Waals surface area (Å²) in [7, 11) is 0. The molecule has 3 heteroatoms. The van der Waals surface area contributed by atoms with Gasteiger partial charge in [-0.15, -0.1) is 0 Å². The molecule has 0 amide bonds. The average molecular weight is 316 g/mol. The van der Waals surface area contributed by atoms with Crippen LogP contribution in [-0.2, 0) is 21.4 Å². The second-order valence-electron chi connectivity index (χ2n) is 8.17. The summed E-state index contributed by atoms with van der Waals surface area (Å²) in [6.45, 7) is 8.56. The second kappa shape index (κ2) is 5.54. The van der Waals surface area contributed by atoms with Gasteiger partial charge in [0.1, 0.15) is 12.4 Å². The average Bonchev–Trinajstić information content (AvgIpc) is 2.46. The molecule has 0 radical (unpaired) electrons. The number of carbonyl (C=O) groups excluding carboxylic acids is 1. The lowest BCUT2D eigenvalue weighted by molar-refractivity contribution is -0.146. The number of hydrogen-bond acceptors (Lipinski definition) is 3. The summed E-state index contributed by atoms with van der Waals surface area (Å²) >= 11 is 0. The number of aromatic hydroxyl groups is 1. The van der Waals surface area contributed by atoms with Crippen LogP contribution < -0.4 is 0 Å². The maximum Gasteiger partial charge on any atom is 0.302 e. The molecule has 3 nitrogen and oxygen atoms in total. The predicted octanol–water partition coefficient (Wildman–Crippen LogP) is 4.27. The molecule has 1 N–H and O–H groups in total. The van der Waals surface area contributed by atoms with E-state index in [0.717, 1.165) is 31.2 Å². The smallest absolute Gasteiger partial charge is 0.302 e. The largest absolute Gasteiger partial charge is 0.508 e. The molecule has 0 bridgehead atoms. The Morgan fingerprint density at radius 3 is 2.78 bits per heavy atom. The Morgan fingerprint density at radius 2 is 2.09 bits per heavy atom. The van der Waals surface area contributed by atoms with Gasteiger partial charge in [0, 0.05) is 12.3 Å². The molecular weight excluding hydrogens is 288 g/mol. The molecule has 0 aromatic heterocycles. The van der Waals surface area contributed by atoms with Gasteiger partial charge in [-0.1, -0.05) is 26.3 Å². The van der Waals surface area contributed by atoms with Crippen LogP contribution in [0.5, 0.6) is 5.75 Å². The van der Waals surface area contributed by atoms with Gasteiger partial charge in [-0.25, -0.2) is 0 Å². The van der Waals surface area contributed by atoms with Crippen molar-refractivity contribution < 1.29 is 14.6 Å². The molecule has 0 unspecified atom stereocenters. The van der Waals surface area contributed by atoms with Crippen LogP contribution in [0.25, 0.3) is 0 Å². The van der Waals surface area contributed by atoms with E-state index in [1.54, 1.807) is 0 Å². The maximum atomic E-state index is 11.5. The summed E-state index contributed by atoms with van der Waals surface area (Å²) < 4.78 is 5.54. The van der Waals surface area contributed by atoms with E-state index in [2.05, 4.69) is 19.9 Å². The van der Waals surface area contributed by atoms with Crippen LogP contribution in [0.15, 0.2) is 12.1 Å². The standard InChI is InChI=1S/C20H28O3/c1-13-10-15-6-7-18-19(3,4)8-5-9-20(18,12-23-14(2)21)16(15)11-17(13)22/h10-11,18,22H,5-9,12H2,1-4H3/t18-,20-/m0/s1. The minimum absolute atomic E-state index is 0.147. The number of carbonyl (C=O) groups is 1. The van der Waals surface area contributed by atoms with Crippen molar-refractivity contribution >= 4 is 5.97 Å². The zero-order chi connectivity index (χ0) is 16.8. The minimum atomic E-state index is -0.218. The molecule has 3 rings (SSSR count). The number of aryl methyl sites for hydroxylation is 2. The molecular formula is C20H28O3. The Morgan fingerprint density at radius 1 is 1.35 bits per heavy atom. The van der Waals surface area contributed by atoms with Crippen molar-refractivity contribution in [3.63, 3.8) is 0 Å². The zero-order valence-electron chi connectivity index (χ0n) is 14.7. The third-order valence-corrected chi connectivity index (χ3v) is 6.25. The van der Waals surface area contributed by atoms with E-state index in [4.69, 9.17) is 4.74 Å². The highest BCUT2D eigenvalue weighted by molar-refractivity contribution is 5.66. The van der Waals surface area contributed by atoms with E-state index in [1.807, 2.05) is 13.0 Å². The van der Waals surface area contributed by atoms with Crippen LogP contribution in [-0.4, -0.2) is 17.7 Å². The Kier molecular flexibility index (Phi) is 3.94. The van der Waals surface area contributed by atoms with Gasteiger partial charge in [0.2, 0.25) is 0 Å². The molecule has 0 aliphatic heterocycles. The first kappa shape index (κ1) is 16.4. The second-order valence-corrected chi connectivity index (χ2v) is 8.17. The molecule has 0 saturated heterocycles. The molecule has 0 heterocycles. The maximum absolute atomic E-state index is 11.5. The van der Waals surface area contributed by atoms with Gasteiger partial charge in [-0.3, -0.25) is 4.79 Å². The van der Waals surface area contributed by atoms with Gasteiger partial charge < -0.3 is 9.84 Å².